The average molecular weight is 337 g/mol. The molecule has 1 aliphatic heterocycles. The molecule has 1 atom stereocenters. The second kappa shape index (κ2) is 6.57. The molecule has 0 spiro atoms. The van der Waals surface area contributed by atoms with Gasteiger partial charge in [0, 0.05) is 16.6 Å². The number of benzene rings is 1. The van der Waals surface area contributed by atoms with E-state index in [9.17, 15) is 0 Å². The van der Waals surface area contributed by atoms with Crippen LogP contribution in [0.4, 0.5) is 0 Å². The SMILES string of the molecule is Brc1ccc(-c2ccc(C[NH2+]C[C@@H]3CCCO3)o2)cc1. The number of hydrogen-bond donors (Lipinski definition) is 1. The lowest BCUT2D eigenvalue weighted by atomic mass is 10.2. The highest BCUT2D eigenvalue weighted by Gasteiger charge is 2.17. The zero-order chi connectivity index (χ0) is 13.8. The van der Waals surface area contributed by atoms with Crippen LogP contribution in [-0.2, 0) is 11.3 Å². The van der Waals surface area contributed by atoms with Crippen LogP contribution in [-0.4, -0.2) is 19.3 Å². The maximum absolute atomic E-state index is 5.89. The number of halogens is 1. The number of ether oxygens (including phenoxy) is 1. The first-order valence-corrected chi connectivity index (χ1v) is 7.88. The molecule has 0 saturated carbocycles. The monoisotopic (exact) mass is 336 g/mol. The summed E-state index contributed by atoms with van der Waals surface area (Å²) < 4.78 is 12.6. The smallest absolute Gasteiger partial charge is 0.158 e. The molecule has 2 N–H and O–H groups in total. The fourth-order valence-corrected chi connectivity index (χ4v) is 2.76. The van der Waals surface area contributed by atoms with E-state index in [1.54, 1.807) is 0 Å². The van der Waals surface area contributed by atoms with Crippen LogP contribution < -0.4 is 5.32 Å². The van der Waals surface area contributed by atoms with E-state index in [0.29, 0.717) is 6.10 Å². The topological polar surface area (TPSA) is 39.0 Å². The first-order valence-electron chi connectivity index (χ1n) is 7.09. The van der Waals surface area contributed by atoms with Gasteiger partial charge in [-0.25, -0.2) is 0 Å². The predicted octanol–water partition coefficient (Wildman–Crippen LogP) is 2.95. The summed E-state index contributed by atoms with van der Waals surface area (Å²) in [6.07, 6.45) is 2.82. The zero-order valence-electron chi connectivity index (χ0n) is 11.3. The fraction of sp³-hybridized carbons (Fsp3) is 0.375. The molecule has 2 aromatic rings. The lowest BCUT2D eigenvalue weighted by molar-refractivity contribution is -0.677. The van der Waals surface area contributed by atoms with Crippen LogP contribution in [0.5, 0.6) is 0 Å². The van der Waals surface area contributed by atoms with Gasteiger partial charge in [-0.15, -0.1) is 0 Å². The van der Waals surface area contributed by atoms with Crippen LogP contribution in [0.1, 0.15) is 18.6 Å². The van der Waals surface area contributed by atoms with Crippen LogP contribution in [0.3, 0.4) is 0 Å². The summed E-state index contributed by atoms with van der Waals surface area (Å²) in [7, 11) is 0. The van der Waals surface area contributed by atoms with Crippen LogP contribution in [0.25, 0.3) is 11.3 Å². The summed E-state index contributed by atoms with van der Waals surface area (Å²) in [5.74, 6) is 1.94. The summed E-state index contributed by atoms with van der Waals surface area (Å²) in [4.78, 5) is 0. The molecule has 0 aliphatic carbocycles. The van der Waals surface area contributed by atoms with Gasteiger partial charge in [0.25, 0.3) is 0 Å². The van der Waals surface area contributed by atoms with E-state index < -0.39 is 0 Å². The third-order valence-corrected chi connectivity index (χ3v) is 4.12. The molecular weight excluding hydrogens is 318 g/mol. The van der Waals surface area contributed by atoms with E-state index in [0.717, 1.165) is 41.3 Å². The van der Waals surface area contributed by atoms with Crippen molar-refractivity contribution in [1.29, 1.82) is 0 Å². The van der Waals surface area contributed by atoms with E-state index in [1.807, 2.05) is 18.2 Å². The normalized spacial score (nSPS) is 18.6. The van der Waals surface area contributed by atoms with Crippen LogP contribution in [0, 0.1) is 0 Å². The van der Waals surface area contributed by atoms with Gasteiger partial charge in [-0.05, 0) is 37.1 Å². The molecule has 1 aromatic heterocycles. The minimum absolute atomic E-state index is 0.427. The number of rotatable bonds is 5. The van der Waals surface area contributed by atoms with Gasteiger partial charge in [0.15, 0.2) is 5.76 Å². The number of nitrogens with two attached hydrogens (primary N) is 1. The van der Waals surface area contributed by atoms with Crippen molar-refractivity contribution < 1.29 is 14.5 Å². The van der Waals surface area contributed by atoms with Crippen LogP contribution >= 0.6 is 15.9 Å². The maximum atomic E-state index is 5.89. The lowest BCUT2D eigenvalue weighted by Gasteiger charge is -2.06. The summed E-state index contributed by atoms with van der Waals surface area (Å²) in [5.41, 5.74) is 1.11. The van der Waals surface area contributed by atoms with Gasteiger partial charge in [-0.3, -0.25) is 0 Å². The van der Waals surface area contributed by atoms with Crippen molar-refractivity contribution in [2.75, 3.05) is 13.2 Å². The van der Waals surface area contributed by atoms with Gasteiger partial charge in [-0.1, -0.05) is 28.1 Å². The molecule has 20 heavy (non-hydrogen) atoms. The summed E-state index contributed by atoms with van der Waals surface area (Å²) in [6.45, 7) is 2.82. The molecule has 4 heteroatoms. The molecule has 0 radical (unpaired) electrons. The van der Waals surface area contributed by atoms with Crippen molar-refractivity contribution in [2.45, 2.75) is 25.5 Å². The number of hydrogen-bond acceptors (Lipinski definition) is 2. The Bertz CT molecular complexity index is 544. The molecule has 3 rings (SSSR count). The molecule has 0 bridgehead atoms. The lowest BCUT2D eigenvalue weighted by Crippen LogP contribution is -2.84. The van der Waals surface area contributed by atoms with Crippen molar-refractivity contribution in [3.05, 3.63) is 46.6 Å². The second-order valence-corrected chi connectivity index (χ2v) is 6.05. The van der Waals surface area contributed by atoms with E-state index in [2.05, 4.69) is 39.4 Å². The Morgan fingerprint density at radius 2 is 2.00 bits per heavy atom. The number of furan rings is 1. The predicted molar refractivity (Wildman–Crippen MR) is 81.3 cm³/mol. The summed E-state index contributed by atoms with van der Waals surface area (Å²) >= 11 is 3.44. The van der Waals surface area contributed by atoms with Gasteiger partial charge in [0.1, 0.15) is 25.0 Å². The molecule has 2 heterocycles. The minimum atomic E-state index is 0.427. The van der Waals surface area contributed by atoms with Crippen molar-refractivity contribution in [2.24, 2.45) is 0 Å². The standard InChI is InChI=1S/C16H18BrNO2/c17-13-5-3-12(4-6-13)16-8-7-15(20-16)11-18-10-14-2-1-9-19-14/h3-8,14,18H,1-2,9-11H2/p+1/t14-/m0/s1. The van der Waals surface area contributed by atoms with Crippen LogP contribution in [0.15, 0.2) is 45.3 Å². The Balaban J connectivity index is 1.55. The van der Waals surface area contributed by atoms with Crippen molar-refractivity contribution in [1.82, 2.24) is 0 Å². The number of quaternary nitrogens is 1. The van der Waals surface area contributed by atoms with E-state index in [4.69, 9.17) is 9.15 Å². The third kappa shape index (κ3) is 3.51. The highest BCUT2D eigenvalue weighted by atomic mass is 79.9. The maximum Gasteiger partial charge on any atom is 0.158 e. The Labute approximate surface area is 127 Å². The molecular formula is C16H19BrNO2+. The second-order valence-electron chi connectivity index (χ2n) is 5.14. The molecule has 1 saturated heterocycles. The molecule has 1 fully saturated rings. The molecule has 0 unspecified atom stereocenters. The highest BCUT2D eigenvalue weighted by molar-refractivity contribution is 9.10. The van der Waals surface area contributed by atoms with Crippen molar-refractivity contribution >= 4 is 15.9 Å². The molecule has 1 aliphatic rings. The van der Waals surface area contributed by atoms with Crippen molar-refractivity contribution in [3.8, 4) is 11.3 Å². The van der Waals surface area contributed by atoms with Gasteiger partial charge < -0.3 is 14.5 Å². The van der Waals surface area contributed by atoms with Crippen molar-refractivity contribution in [3.63, 3.8) is 0 Å². The summed E-state index contributed by atoms with van der Waals surface area (Å²) in [6, 6.07) is 12.3. The highest BCUT2D eigenvalue weighted by Crippen LogP contribution is 2.23. The van der Waals surface area contributed by atoms with Gasteiger partial charge >= 0.3 is 0 Å². The molecule has 106 valence electrons. The average Bonchev–Trinajstić information content (AvgIpc) is 3.11. The molecule has 3 nitrogen and oxygen atoms in total. The Kier molecular flexibility index (Phi) is 4.55. The fourth-order valence-electron chi connectivity index (χ4n) is 2.50. The van der Waals surface area contributed by atoms with E-state index in [-0.39, 0.29) is 0 Å². The van der Waals surface area contributed by atoms with Gasteiger partial charge in [0.2, 0.25) is 0 Å². The summed E-state index contributed by atoms with van der Waals surface area (Å²) in [5, 5.41) is 2.26. The van der Waals surface area contributed by atoms with E-state index >= 15 is 0 Å². The Hall–Kier alpha value is -1.10. The van der Waals surface area contributed by atoms with Gasteiger partial charge in [0.05, 0.1) is 0 Å². The zero-order valence-corrected chi connectivity index (χ0v) is 12.9. The largest absolute Gasteiger partial charge is 0.455 e. The molecule has 1 aromatic carbocycles. The third-order valence-electron chi connectivity index (χ3n) is 3.59. The first kappa shape index (κ1) is 13.9. The molecule has 0 amide bonds. The van der Waals surface area contributed by atoms with E-state index in [1.165, 1.54) is 12.8 Å². The quantitative estimate of drug-likeness (QED) is 0.911. The Morgan fingerprint density at radius 3 is 2.75 bits per heavy atom. The minimum Gasteiger partial charge on any atom is -0.455 e. The first-order chi connectivity index (χ1) is 9.81. The Morgan fingerprint density at radius 1 is 1.15 bits per heavy atom. The van der Waals surface area contributed by atoms with Crippen LogP contribution in [0.2, 0.25) is 0 Å². The van der Waals surface area contributed by atoms with Gasteiger partial charge in [-0.2, -0.15) is 0 Å².